The highest BCUT2D eigenvalue weighted by molar-refractivity contribution is 5.67. The molecule has 2 nitrogen and oxygen atoms in total. The van der Waals surface area contributed by atoms with Gasteiger partial charge in [-0.1, -0.05) is 24.8 Å². The highest BCUT2D eigenvalue weighted by Gasteiger charge is 2.06. The molecule has 1 heterocycles. The molecule has 0 saturated carbocycles. The van der Waals surface area contributed by atoms with Gasteiger partial charge in [0.2, 0.25) is 5.89 Å². The first-order chi connectivity index (χ1) is 6.35. The van der Waals surface area contributed by atoms with Crippen LogP contribution in [0.2, 0.25) is 0 Å². The third kappa shape index (κ3) is 1.24. The summed E-state index contributed by atoms with van der Waals surface area (Å²) in [5.74, 6) is 0.662. The predicted molar refractivity (Wildman–Crippen MR) is 53.1 cm³/mol. The normalized spacial score (nSPS) is 14.7. The second kappa shape index (κ2) is 3.05. The number of aromatic nitrogens is 1. The third-order valence-corrected chi connectivity index (χ3v) is 2.07. The van der Waals surface area contributed by atoms with Crippen molar-refractivity contribution in [3.63, 3.8) is 0 Å². The zero-order valence-electron chi connectivity index (χ0n) is 7.58. The van der Waals surface area contributed by atoms with Gasteiger partial charge in [-0.25, -0.2) is 4.98 Å². The summed E-state index contributed by atoms with van der Waals surface area (Å²) < 4.78 is 5.53. The van der Waals surface area contributed by atoms with Gasteiger partial charge in [0.1, 0.15) is 5.35 Å². The lowest BCUT2D eigenvalue weighted by molar-refractivity contribution is 0.512. The molecule has 2 rings (SSSR count). The van der Waals surface area contributed by atoms with Crippen LogP contribution in [0.15, 0.2) is 23.1 Å². The molecule has 0 spiro atoms. The molecule has 0 aromatic carbocycles. The van der Waals surface area contributed by atoms with Crippen molar-refractivity contribution in [2.75, 3.05) is 0 Å². The topological polar surface area (TPSA) is 26.0 Å². The minimum Gasteiger partial charge on any atom is -0.436 e. The van der Waals surface area contributed by atoms with Crippen LogP contribution in [-0.2, 0) is 0 Å². The van der Waals surface area contributed by atoms with Crippen LogP contribution in [0.4, 0.5) is 0 Å². The fourth-order valence-electron chi connectivity index (χ4n) is 1.37. The lowest BCUT2D eigenvalue weighted by Gasteiger charge is -1.91. The predicted octanol–water partition coefficient (Wildman–Crippen LogP) is 1.23. The average Bonchev–Trinajstić information content (AvgIpc) is 2.65. The van der Waals surface area contributed by atoms with Gasteiger partial charge in [-0.05, 0) is 19.4 Å². The Morgan fingerprint density at radius 2 is 2.46 bits per heavy atom. The Bertz CT molecular complexity index is 445. The van der Waals surface area contributed by atoms with E-state index in [1.165, 1.54) is 0 Å². The molecule has 2 heteroatoms. The molecule has 0 atom stereocenters. The first-order valence-corrected chi connectivity index (χ1v) is 4.31. The summed E-state index contributed by atoms with van der Waals surface area (Å²) in [6.45, 7) is 5.65. The van der Waals surface area contributed by atoms with Gasteiger partial charge in [0.25, 0.3) is 0 Å². The summed E-state index contributed by atoms with van der Waals surface area (Å²) >= 11 is 0. The van der Waals surface area contributed by atoms with E-state index in [0.29, 0.717) is 5.89 Å². The summed E-state index contributed by atoms with van der Waals surface area (Å²) in [5, 5.41) is 0.955. The highest BCUT2D eigenvalue weighted by atomic mass is 16.3. The van der Waals surface area contributed by atoms with Gasteiger partial charge >= 0.3 is 0 Å². The molecule has 0 radical (unpaired) electrons. The van der Waals surface area contributed by atoms with Gasteiger partial charge in [-0.15, -0.1) is 0 Å². The SMILES string of the molecule is C=C/C(=C\C)c1nc2c(o1)=CCC=2. The maximum Gasteiger partial charge on any atom is 0.226 e. The lowest BCUT2D eigenvalue weighted by atomic mass is 10.2. The molecular formula is C11H11NO. The van der Waals surface area contributed by atoms with E-state index in [9.17, 15) is 0 Å². The maximum absolute atomic E-state index is 5.53. The molecule has 0 fully saturated rings. The van der Waals surface area contributed by atoms with E-state index >= 15 is 0 Å². The van der Waals surface area contributed by atoms with Crippen molar-refractivity contribution in [1.29, 1.82) is 0 Å². The molecule has 0 N–H and O–H groups in total. The molecule has 1 aliphatic rings. The van der Waals surface area contributed by atoms with Crippen molar-refractivity contribution in [1.82, 2.24) is 4.98 Å². The maximum atomic E-state index is 5.53. The number of hydrogen-bond donors (Lipinski definition) is 0. The van der Waals surface area contributed by atoms with Crippen LogP contribution in [0.3, 0.4) is 0 Å². The van der Waals surface area contributed by atoms with Crippen LogP contribution in [0, 0.1) is 0 Å². The molecule has 0 unspecified atom stereocenters. The molecule has 13 heavy (non-hydrogen) atoms. The Morgan fingerprint density at radius 1 is 1.62 bits per heavy atom. The average molecular weight is 173 g/mol. The molecule has 0 saturated heterocycles. The van der Waals surface area contributed by atoms with Gasteiger partial charge < -0.3 is 4.42 Å². The van der Waals surface area contributed by atoms with Crippen LogP contribution >= 0.6 is 0 Å². The van der Waals surface area contributed by atoms with Crippen molar-refractivity contribution < 1.29 is 4.42 Å². The van der Waals surface area contributed by atoms with Crippen LogP contribution in [0.5, 0.6) is 0 Å². The third-order valence-electron chi connectivity index (χ3n) is 2.07. The summed E-state index contributed by atoms with van der Waals surface area (Å²) in [5.41, 5.74) is 1.83. The summed E-state index contributed by atoms with van der Waals surface area (Å²) in [6.07, 6.45) is 8.70. The number of rotatable bonds is 2. The summed E-state index contributed by atoms with van der Waals surface area (Å²) in [7, 11) is 0. The quantitative estimate of drug-likeness (QED) is 0.629. The molecular weight excluding hydrogens is 162 g/mol. The largest absolute Gasteiger partial charge is 0.436 e. The van der Waals surface area contributed by atoms with E-state index in [4.69, 9.17) is 4.42 Å². The van der Waals surface area contributed by atoms with Gasteiger partial charge in [-0.2, -0.15) is 0 Å². The monoisotopic (exact) mass is 173 g/mol. The van der Waals surface area contributed by atoms with Crippen molar-refractivity contribution in [3.05, 3.63) is 35.4 Å². The molecule has 0 bridgehead atoms. The van der Waals surface area contributed by atoms with Gasteiger partial charge in [0.05, 0.1) is 0 Å². The lowest BCUT2D eigenvalue weighted by Crippen LogP contribution is -2.17. The fourth-order valence-corrected chi connectivity index (χ4v) is 1.37. The Balaban J connectivity index is 2.57. The summed E-state index contributed by atoms with van der Waals surface area (Å²) in [4.78, 5) is 4.34. The number of allylic oxidation sites excluding steroid dienone is 3. The number of hydrogen-bond acceptors (Lipinski definition) is 2. The van der Waals surface area contributed by atoms with Crippen molar-refractivity contribution in [2.24, 2.45) is 0 Å². The van der Waals surface area contributed by atoms with E-state index in [1.807, 2.05) is 19.1 Å². The number of fused-ring (bicyclic) bond motifs is 1. The molecule has 1 aliphatic carbocycles. The Morgan fingerprint density at radius 3 is 3.08 bits per heavy atom. The van der Waals surface area contributed by atoms with Crippen LogP contribution in [0.1, 0.15) is 19.2 Å². The molecule has 1 aromatic rings. The standard InChI is InChI=1S/C11H11NO/c1-3-8(4-2)11-12-9-6-5-7-10(9)13-11/h3-4,6-7H,1,5H2,2H3/b8-4+. The van der Waals surface area contributed by atoms with E-state index in [2.05, 4.69) is 17.6 Å². The van der Waals surface area contributed by atoms with Crippen molar-refractivity contribution in [2.45, 2.75) is 13.3 Å². The summed E-state index contributed by atoms with van der Waals surface area (Å²) in [6, 6.07) is 0. The van der Waals surface area contributed by atoms with Gasteiger partial charge in [0, 0.05) is 5.57 Å². The smallest absolute Gasteiger partial charge is 0.226 e. The molecule has 0 amide bonds. The van der Waals surface area contributed by atoms with Gasteiger partial charge in [-0.3, -0.25) is 0 Å². The minimum atomic E-state index is 0.662. The second-order valence-electron chi connectivity index (χ2n) is 2.86. The van der Waals surface area contributed by atoms with Gasteiger partial charge in [0.15, 0.2) is 5.42 Å². The second-order valence-corrected chi connectivity index (χ2v) is 2.86. The number of nitrogens with zero attached hydrogens (tertiary/aromatic N) is 1. The Hall–Kier alpha value is -1.57. The van der Waals surface area contributed by atoms with Crippen LogP contribution in [-0.4, -0.2) is 4.98 Å². The van der Waals surface area contributed by atoms with E-state index in [1.54, 1.807) is 6.08 Å². The molecule has 1 aromatic heterocycles. The first-order valence-electron chi connectivity index (χ1n) is 4.31. The van der Waals surface area contributed by atoms with E-state index in [0.717, 1.165) is 22.8 Å². The minimum absolute atomic E-state index is 0.662. The van der Waals surface area contributed by atoms with Crippen molar-refractivity contribution >= 4 is 17.7 Å². The zero-order valence-corrected chi connectivity index (χ0v) is 7.58. The van der Waals surface area contributed by atoms with E-state index < -0.39 is 0 Å². The van der Waals surface area contributed by atoms with Crippen LogP contribution < -0.4 is 10.8 Å². The zero-order chi connectivity index (χ0) is 9.26. The Kier molecular flexibility index (Phi) is 1.89. The first kappa shape index (κ1) is 8.05. The molecule has 66 valence electrons. The van der Waals surface area contributed by atoms with Crippen molar-refractivity contribution in [3.8, 4) is 0 Å². The van der Waals surface area contributed by atoms with Crippen LogP contribution in [0.25, 0.3) is 17.7 Å². The molecule has 0 aliphatic heterocycles. The van der Waals surface area contributed by atoms with E-state index in [-0.39, 0.29) is 0 Å². The number of oxazole rings is 1. The fraction of sp³-hybridized carbons (Fsp3) is 0.182. The highest BCUT2D eigenvalue weighted by Crippen LogP contribution is 2.09. The Labute approximate surface area is 76.6 Å².